The summed E-state index contributed by atoms with van der Waals surface area (Å²) in [4.78, 5) is 10.7. The lowest BCUT2D eigenvalue weighted by atomic mass is 10.1. The molecule has 0 bridgehead atoms. The number of hydrogen-bond donors (Lipinski definition) is 0. The minimum atomic E-state index is -6.50. The average molecular weight is 377 g/mol. The molecule has 0 fully saturated rings. The molecule has 0 saturated carbocycles. The van der Waals surface area contributed by atoms with E-state index in [1.165, 1.54) is 0 Å². The third-order valence-corrected chi connectivity index (χ3v) is 2.23. The summed E-state index contributed by atoms with van der Waals surface area (Å²) < 4.78 is 99.7. The van der Waals surface area contributed by atoms with E-state index >= 15 is 0 Å². The van der Waals surface area contributed by atoms with Crippen LogP contribution in [0.3, 0.4) is 0 Å². The first kappa shape index (κ1) is 19.8. The van der Waals surface area contributed by atoms with Gasteiger partial charge in [-0.2, -0.15) is 26.3 Å². The first-order chi connectivity index (χ1) is 8.57. The second-order valence-corrected chi connectivity index (χ2v) is 5.56. The van der Waals surface area contributed by atoms with Gasteiger partial charge < -0.3 is 4.74 Å². The Bertz CT molecular complexity index is 368. The highest BCUT2D eigenvalue weighted by Gasteiger charge is 2.75. The van der Waals surface area contributed by atoms with E-state index in [0.717, 1.165) is 0 Å². The van der Waals surface area contributed by atoms with E-state index in [4.69, 9.17) is 34.8 Å². The van der Waals surface area contributed by atoms with E-state index in [2.05, 4.69) is 4.74 Å². The number of esters is 1. The van der Waals surface area contributed by atoms with E-state index < -0.39 is 40.6 Å². The van der Waals surface area contributed by atoms with Crippen molar-refractivity contribution < 1.29 is 44.7 Å². The summed E-state index contributed by atoms with van der Waals surface area (Å²) in [7, 11) is 0. The topological polar surface area (TPSA) is 26.3 Å². The highest BCUT2D eigenvalue weighted by atomic mass is 35.6. The Labute approximate surface area is 120 Å². The molecule has 0 aromatic carbocycles. The molecule has 0 aromatic heterocycles. The van der Waals surface area contributed by atoms with Crippen LogP contribution >= 0.6 is 34.8 Å². The van der Waals surface area contributed by atoms with Crippen LogP contribution in [0.1, 0.15) is 0 Å². The van der Waals surface area contributed by atoms with Crippen LogP contribution in [0.15, 0.2) is 0 Å². The SMILES string of the molecule is O=C(OCC(F)(F)C(F)(F)C(F)(F)C(F)F)C(Cl)(Cl)Cl. The maximum atomic E-state index is 12.8. The Hall–Kier alpha value is -0.220. The summed E-state index contributed by atoms with van der Waals surface area (Å²) in [6.45, 7) is -2.69. The smallest absolute Gasteiger partial charge is 0.381 e. The van der Waals surface area contributed by atoms with Crippen LogP contribution in [0.25, 0.3) is 0 Å². The van der Waals surface area contributed by atoms with Crippen LogP contribution in [0.5, 0.6) is 0 Å². The van der Waals surface area contributed by atoms with Crippen molar-refractivity contribution in [3.63, 3.8) is 0 Å². The van der Waals surface area contributed by atoms with Gasteiger partial charge in [0.2, 0.25) is 0 Å². The minimum Gasteiger partial charge on any atom is -0.456 e. The molecule has 0 atom stereocenters. The third kappa shape index (κ3) is 3.91. The number of alkyl halides is 11. The number of halogens is 11. The first-order valence-corrected chi connectivity index (χ1v) is 5.36. The zero-order valence-electron chi connectivity index (χ0n) is 8.76. The number of ether oxygens (including phenoxy) is 1. The van der Waals surface area contributed by atoms with E-state index in [1.54, 1.807) is 0 Å². The van der Waals surface area contributed by atoms with Crippen molar-refractivity contribution in [2.75, 3.05) is 6.61 Å². The van der Waals surface area contributed by atoms with Crippen LogP contribution in [-0.2, 0) is 9.53 Å². The molecule has 0 spiro atoms. The van der Waals surface area contributed by atoms with Gasteiger partial charge in [-0.15, -0.1) is 0 Å². The average Bonchev–Trinajstić information content (AvgIpc) is 2.23. The fourth-order valence-corrected chi connectivity index (χ4v) is 0.873. The van der Waals surface area contributed by atoms with Crippen molar-refractivity contribution in [3.05, 3.63) is 0 Å². The molecule has 0 aliphatic rings. The molecule has 2 nitrogen and oxygen atoms in total. The molecular weight excluding hydrogens is 374 g/mol. The first-order valence-electron chi connectivity index (χ1n) is 4.23. The molecule has 0 heterocycles. The molecule has 0 rings (SSSR count). The Morgan fingerprint density at radius 3 is 1.70 bits per heavy atom. The zero-order valence-corrected chi connectivity index (χ0v) is 11.0. The number of rotatable bonds is 5. The third-order valence-electron chi connectivity index (χ3n) is 1.77. The molecule has 0 unspecified atom stereocenters. The quantitative estimate of drug-likeness (QED) is 0.410. The molecule has 0 amide bonds. The fourth-order valence-electron chi connectivity index (χ4n) is 0.710. The van der Waals surface area contributed by atoms with Crippen molar-refractivity contribution in [1.82, 2.24) is 0 Å². The minimum absolute atomic E-state index is 2.07. The lowest BCUT2D eigenvalue weighted by Crippen LogP contribution is -2.59. The second-order valence-electron chi connectivity index (χ2n) is 3.28. The highest BCUT2D eigenvalue weighted by molar-refractivity contribution is 6.75. The van der Waals surface area contributed by atoms with Gasteiger partial charge >= 0.3 is 30.2 Å². The Kier molecular flexibility index (Phi) is 5.81. The predicted octanol–water partition coefficient (Wildman–Crippen LogP) is 4.07. The Morgan fingerprint density at radius 2 is 1.40 bits per heavy atom. The van der Waals surface area contributed by atoms with Gasteiger partial charge in [-0.25, -0.2) is 13.6 Å². The maximum Gasteiger partial charge on any atom is 0.381 e. The summed E-state index contributed by atoms with van der Waals surface area (Å²) in [6, 6.07) is 0. The Balaban J connectivity index is 5.10. The second kappa shape index (κ2) is 5.88. The van der Waals surface area contributed by atoms with E-state index in [-0.39, 0.29) is 0 Å². The maximum absolute atomic E-state index is 12.8. The van der Waals surface area contributed by atoms with Crippen molar-refractivity contribution in [2.24, 2.45) is 0 Å². The molecule has 0 saturated heterocycles. The van der Waals surface area contributed by atoms with Crippen molar-refractivity contribution >= 4 is 40.8 Å². The van der Waals surface area contributed by atoms with E-state index in [9.17, 15) is 39.9 Å². The monoisotopic (exact) mass is 376 g/mol. The van der Waals surface area contributed by atoms with Crippen molar-refractivity contribution in [3.8, 4) is 0 Å². The fraction of sp³-hybridized carbons (Fsp3) is 0.857. The largest absolute Gasteiger partial charge is 0.456 e. The molecule has 120 valence electrons. The van der Waals surface area contributed by atoms with Crippen LogP contribution in [0.2, 0.25) is 0 Å². The normalized spacial score (nSPS) is 14.6. The zero-order chi connectivity index (χ0) is 16.6. The molecule has 0 aliphatic heterocycles. The standard InChI is InChI=1S/C7H3Cl3F8O2/c8-6(9,10)3(19)20-1-4(13,14)7(17,18)5(15,16)2(11)12/h2H,1H2. The molecule has 20 heavy (non-hydrogen) atoms. The van der Waals surface area contributed by atoms with Crippen LogP contribution in [0.4, 0.5) is 35.1 Å². The summed E-state index contributed by atoms with van der Waals surface area (Å²) in [5.74, 6) is -20.7. The molecule has 13 heteroatoms. The summed E-state index contributed by atoms with van der Waals surface area (Å²) in [5, 5.41) is 0. The summed E-state index contributed by atoms with van der Waals surface area (Å²) >= 11 is 14.5. The Morgan fingerprint density at radius 1 is 1.00 bits per heavy atom. The van der Waals surface area contributed by atoms with Gasteiger partial charge in [-0.05, 0) is 0 Å². The van der Waals surface area contributed by atoms with Crippen molar-refractivity contribution in [2.45, 2.75) is 28.0 Å². The summed E-state index contributed by atoms with van der Waals surface area (Å²) in [6.07, 6.45) is -5.08. The lowest BCUT2D eigenvalue weighted by molar-refractivity contribution is -0.344. The molecule has 0 aliphatic carbocycles. The van der Waals surface area contributed by atoms with Gasteiger partial charge in [0.25, 0.3) is 3.79 Å². The molecule has 0 radical (unpaired) electrons. The van der Waals surface area contributed by atoms with Gasteiger partial charge in [0.1, 0.15) is 0 Å². The van der Waals surface area contributed by atoms with Gasteiger partial charge in [0, 0.05) is 0 Å². The summed E-state index contributed by atoms with van der Waals surface area (Å²) in [5.41, 5.74) is 0. The molecular formula is C7H3Cl3F8O2. The van der Waals surface area contributed by atoms with Crippen LogP contribution in [0, 0.1) is 0 Å². The van der Waals surface area contributed by atoms with E-state index in [1.807, 2.05) is 0 Å². The number of hydrogen-bond acceptors (Lipinski definition) is 2. The van der Waals surface area contributed by atoms with Crippen LogP contribution in [-0.4, -0.2) is 40.6 Å². The van der Waals surface area contributed by atoms with Gasteiger partial charge in [-0.1, -0.05) is 34.8 Å². The number of carbonyl (C=O) groups excluding carboxylic acids is 1. The lowest BCUT2D eigenvalue weighted by Gasteiger charge is -2.31. The van der Waals surface area contributed by atoms with Crippen molar-refractivity contribution in [1.29, 1.82) is 0 Å². The van der Waals surface area contributed by atoms with E-state index in [0.29, 0.717) is 0 Å². The van der Waals surface area contributed by atoms with Crippen LogP contribution < -0.4 is 0 Å². The van der Waals surface area contributed by atoms with Gasteiger partial charge in [0.15, 0.2) is 6.61 Å². The molecule has 0 N–H and O–H groups in total. The highest BCUT2D eigenvalue weighted by Crippen LogP contribution is 2.48. The molecule has 0 aromatic rings. The van der Waals surface area contributed by atoms with Gasteiger partial charge in [-0.3, -0.25) is 0 Å². The predicted molar refractivity (Wildman–Crippen MR) is 52.1 cm³/mol. The van der Waals surface area contributed by atoms with Gasteiger partial charge in [0.05, 0.1) is 0 Å². The number of carbonyl (C=O) groups is 1.